The molecular weight excluding hydrogens is 276 g/mol. The molecule has 3 rings (SSSR count). The third-order valence-electron chi connectivity index (χ3n) is 3.93. The Kier molecular flexibility index (Phi) is 3.87. The number of H-pyrrole nitrogens is 1. The van der Waals surface area contributed by atoms with E-state index in [4.69, 9.17) is 0 Å². The SMILES string of the molecule is CCC(C)c1ccccc1NC(=O)c1n[nH]c2ccncc12. The molecule has 3 aromatic rings. The molecule has 0 saturated heterocycles. The summed E-state index contributed by atoms with van der Waals surface area (Å²) in [5, 5.41) is 10.7. The van der Waals surface area contributed by atoms with Crippen molar-refractivity contribution in [2.45, 2.75) is 26.2 Å². The van der Waals surface area contributed by atoms with Crippen molar-refractivity contribution in [2.75, 3.05) is 5.32 Å². The van der Waals surface area contributed by atoms with E-state index in [2.05, 4.69) is 34.3 Å². The Morgan fingerprint density at radius 1 is 1.32 bits per heavy atom. The Morgan fingerprint density at radius 2 is 2.14 bits per heavy atom. The van der Waals surface area contributed by atoms with Gasteiger partial charge < -0.3 is 5.32 Å². The number of pyridine rings is 1. The highest BCUT2D eigenvalue weighted by atomic mass is 16.1. The number of benzene rings is 1. The molecule has 2 heterocycles. The van der Waals surface area contributed by atoms with Gasteiger partial charge in [0.15, 0.2) is 5.69 Å². The van der Waals surface area contributed by atoms with Gasteiger partial charge in [-0.3, -0.25) is 14.9 Å². The van der Waals surface area contributed by atoms with E-state index in [1.165, 1.54) is 0 Å². The number of para-hydroxylation sites is 1. The predicted molar refractivity (Wildman–Crippen MR) is 87.0 cm³/mol. The topological polar surface area (TPSA) is 70.7 Å². The first-order valence-electron chi connectivity index (χ1n) is 7.39. The molecule has 0 fully saturated rings. The molecule has 5 heteroatoms. The Hall–Kier alpha value is -2.69. The molecule has 0 spiro atoms. The normalized spacial score (nSPS) is 12.3. The van der Waals surface area contributed by atoms with Crippen molar-refractivity contribution < 1.29 is 4.79 Å². The molecule has 2 N–H and O–H groups in total. The van der Waals surface area contributed by atoms with Gasteiger partial charge in [0.25, 0.3) is 5.91 Å². The maximum atomic E-state index is 12.5. The van der Waals surface area contributed by atoms with Crippen LogP contribution in [-0.4, -0.2) is 21.1 Å². The molecule has 2 aromatic heterocycles. The van der Waals surface area contributed by atoms with Crippen LogP contribution in [-0.2, 0) is 0 Å². The number of anilines is 1. The van der Waals surface area contributed by atoms with Crippen molar-refractivity contribution in [1.29, 1.82) is 0 Å². The summed E-state index contributed by atoms with van der Waals surface area (Å²) in [4.78, 5) is 16.6. The monoisotopic (exact) mass is 294 g/mol. The maximum Gasteiger partial charge on any atom is 0.276 e. The number of nitrogens with one attached hydrogen (secondary N) is 2. The van der Waals surface area contributed by atoms with Gasteiger partial charge in [-0.05, 0) is 30.0 Å². The Labute approximate surface area is 128 Å². The fourth-order valence-electron chi connectivity index (χ4n) is 2.47. The molecule has 0 bridgehead atoms. The quantitative estimate of drug-likeness (QED) is 0.770. The lowest BCUT2D eigenvalue weighted by atomic mass is 9.97. The van der Waals surface area contributed by atoms with Gasteiger partial charge in [-0.2, -0.15) is 5.10 Å². The molecule has 0 aliphatic heterocycles. The Balaban J connectivity index is 1.92. The van der Waals surface area contributed by atoms with Gasteiger partial charge in [0.05, 0.1) is 10.9 Å². The minimum atomic E-state index is -0.227. The third-order valence-corrected chi connectivity index (χ3v) is 3.93. The maximum absolute atomic E-state index is 12.5. The van der Waals surface area contributed by atoms with Gasteiger partial charge in [0, 0.05) is 18.1 Å². The highest BCUT2D eigenvalue weighted by Gasteiger charge is 2.16. The van der Waals surface area contributed by atoms with Crippen LogP contribution in [0.4, 0.5) is 5.69 Å². The van der Waals surface area contributed by atoms with Crippen molar-refractivity contribution >= 4 is 22.5 Å². The average Bonchev–Trinajstić information content (AvgIpc) is 2.99. The van der Waals surface area contributed by atoms with Crippen molar-refractivity contribution in [1.82, 2.24) is 15.2 Å². The number of aromatic amines is 1. The zero-order valence-electron chi connectivity index (χ0n) is 12.6. The molecule has 1 atom stereocenters. The number of nitrogens with zero attached hydrogens (tertiary/aromatic N) is 2. The van der Waals surface area contributed by atoms with E-state index >= 15 is 0 Å². The lowest BCUT2D eigenvalue weighted by Gasteiger charge is -2.15. The van der Waals surface area contributed by atoms with Crippen LogP contribution in [0, 0.1) is 0 Å². The third kappa shape index (κ3) is 2.57. The standard InChI is InChI=1S/C17H18N4O/c1-3-11(2)12-6-4-5-7-14(12)19-17(22)16-13-10-18-9-8-15(13)20-21-16/h4-11H,3H2,1-2H3,(H,19,22)(H,20,21). The molecule has 5 nitrogen and oxygen atoms in total. The number of hydrogen-bond acceptors (Lipinski definition) is 3. The summed E-state index contributed by atoms with van der Waals surface area (Å²) >= 11 is 0. The fraction of sp³-hybridized carbons (Fsp3) is 0.235. The number of carbonyl (C=O) groups is 1. The first-order chi connectivity index (χ1) is 10.7. The molecule has 0 aliphatic rings. The minimum Gasteiger partial charge on any atom is -0.320 e. The molecule has 1 aromatic carbocycles. The summed E-state index contributed by atoms with van der Waals surface area (Å²) in [6.45, 7) is 4.29. The molecule has 0 radical (unpaired) electrons. The Morgan fingerprint density at radius 3 is 2.95 bits per heavy atom. The number of fused-ring (bicyclic) bond motifs is 1. The number of aromatic nitrogens is 3. The van der Waals surface area contributed by atoms with Crippen LogP contribution < -0.4 is 5.32 Å². The summed E-state index contributed by atoms with van der Waals surface area (Å²) < 4.78 is 0. The number of rotatable bonds is 4. The van der Waals surface area contributed by atoms with Gasteiger partial charge in [-0.1, -0.05) is 32.0 Å². The lowest BCUT2D eigenvalue weighted by Crippen LogP contribution is -2.14. The van der Waals surface area contributed by atoms with Crippen molar-refractivity contribution in [3.8, 4) is 0 Å². The second-order valence-corrected chi connectivity index (χ2v) is 5.34. The van der Waals surface area contributed by atoms with E-state index < -0.39 is 0 Å². The number of amides is 1. The predicted octanol–water partition coefficient (Wildman–Crippen LogP) is 3.72. The number of hydrogen-bond donors (Lipinski definition) is 2. The van der Waals surface area contributed by atoms with Gasteiger partial charge in [0.1, 0.15) is 0 Å². The van der Waals surface area contributed by atoms with E-state index in [-0.39, 0.29) is 5.91 Å². The van der Waals surface area contributed by atoms with E-state index in [1.54, 1.807) is 18.5 Å². The summed E-state index contributed by atoms with van der Waals surface area (Å²) in [6.07, 6.45) is 4.33. The van der Waals surface area contributed by atoms with Gasteiger partial charge in [0.2, 0.25) is 0 Å². The molecule has 1 unspecified atom stereocenters. The fourth-order valence-corrected chi connectivity index (χ4v) is 2.47. The summed E-state index contributed by atoms with van der Waals surface area (Å²) in [6, 6.07) is 9.68. The second-order valence-electron chi connectivity index (χ2n) is 5.34. The van der Waals surface area contributed by atoms with E-state index in [0.717, 1.165) is 28.6 Å². The largest absolute Gasteiger partial charge is 0.320 e. The van der Waals surface area contributed by atoms with Gasteiger partial charge >= 0.3 is 0 Å². The summed E-state index contributed by atoms with van der Waals surface area (Å²) in [5.74, 6) is 0.157. The van der Waals surface area contributed by atoms with Crippen LogP contribution in [0.25, 0.3) is 10.9 Å². The molecule has 0 aliphatic carbocycles. The van der Waals surface area contributed by atoms with E-state index in [9.17, 15) is 4.79 Å². The highest BCUT2D eigenvalue weighted by molar-refractivity contribution is 6.11. The van der Waals surface area contributed by atoms with Crippen molar-refractivity contribution in [3.63, 3.8) is 0 Å². The Bertz CT molecular complexity index is 809. The first kappa shape index (κ1) is 14.3. The van der Waals surface area contributed by atoms with Crippen LogP contribution in [0.5, 0.6) is 0 Å². The van der Waals surface area contributed by atoms with Gasteiger partial charge in [-0.15, -0.1) is 0 Å². The zero-order valence-corrected chi connectivity index (χ0v) is 12.6. The minimum absolute atomic E-state index is 0.227. The van der Waals surface area contributed by atoms with Crippen molar-refractivity contribution in [3.05, 3.63) is 54.0 Å². The smallest absolute Gasteiger partial charge is 0.276 e. The molecule has 112 valence electrons. The van der Waals surface area contributed by atoms with Crippen LogP contribution in [0.2, 0.25) is 0 Å². The lowest BCUT2D eigenvalue weighted by molar-refractivity contribution is 0.102. The van der Waals surface area contributed by atoms with Crippen LogP contribution in [0.15, 0.2) is 42.7 Å². The van der Waals surface area contributed by atoms with E-state index in [0.29, 0.717) is 11.6 Å². The summed E-state index contributed by atoms with van der Waals surface area (Å²) in [7, 11) is 0. The van der Waals surface area contributed by atoms with E-state index in [1.807, 2.05) is 24.3 Å². The number of carbonyl (C=O) groups excluding carboxylic acids is 1. The van der Waals surface area contributed by atoms with Crippen molar-refractivity contribution in [2.24, 2.45) is 0 Å². The summed E-state index contributed by atoms with van der Waals surface area (Å²) in [5.41, 5.74) is 3.13. The molecule has 22 heavy (non-hydrogen) atoms. The zero-order chi connectivity index (χ0) is 15.5. The second kappa shape index (κ2) is 5.97. The molecule has 0 saturated carbocycles. The van der Waals surface area contributed by atoms with Crippen LogP contribution in [0.3, 0.4) is 0 Å². The van der Waals surface area contributed by atoms with Gasteiger partial charge in [-0.25, -0.2) is 0 Å². The first-order valence-corrected chi connectivity index (χ1v) is 7.39. The highest BCUT2D eigenvalue weighted by Crippen LogP contribution is 2.27. The molecular formula is C17H18N4O. The average molecular weight is 294 g/mol. The molecule has 1 amide bonds. The van der Waals surface area contributed by atoms with Crippen LogP contribution in [0.1, 0.15) is 42.2 Å². The van der Waals surface area contributed by atoms with Crippen LogP contribution >= 0.6 is 0 Å².